The van der Waals surface area contributed by atoms with Gasteiger partial charge < -0.3 is 20.3 Å². The van der Waals surface area contributed by atoms with Crippen LogP contribution in [0.5, 0.6) is 5.75 Å². The Morgan fingerprint density at radius 1 is 1.06 bits per heavy atom. The van der Waals surface area contributed by atoms with Crippen LogP contribution in [0.1, 0.15) is 20.3 Å². The van der Waals surface area contributed by atoms with Crippen molar-refractivity contribution >= 4 is 40.7 Å². The topological polar surface area (TPSA) is 52.1 Å². The zero-order valence-corrected chi connectivity index (χ0v) is 21.5. The SMILES string of the molecule is CCN1CCN(C(C)CNC(=NC)NCCCOc2ccc3ccccc3c2)CC1.I. The van der Waals surface area contributed by atoms with E-state index >= 15 is 0 Å². The van der Waals surface area contributed by atoms with Crippen LogP contribution in [-0.2, 0) is 0 Å². The summed E-state index contributed by atoms with van der Waals surface area (Å²) in [5.74, 6) is 1.79. The highest BCUT2D eigenvalue weighted by molar-refractivity contribution is 14.0. The highest BCUT2D eigenvalue weighted by atomic mass is 127. The average Bonchev–Trinajstić information content (AvgIpc) is 2.80. The predicted molar refractivity (Wildman–Crippen MR) is 142 cm³/mol. The van der Waals surface area contributed by atoms with Gasteiger partial charge in [0, 0.05) is 52.4 Å². The molecule has 1 saturated heterocycles. The molecule has 1 atom stereocenters. The van der Waals surface area contributed by atoms with Gasteiger partial charge in [-0.05, 0) is 42.8 Å². The Bertz CT molecular complexity index is 807. The second-order valence-electron chi connectivity index (χ2n) is 7.91. The number of fused-ring (bicyclic) bond motifs is 1. The number of nitrogens with one attached hydrogen (secondary N) is 2. The first kappa shape index (κ1) is 25.7. The lowest BCUT2D eigenvalue weighted by Crippen LogP contribution is -2.53. The predicted octanol–water partition coefficient (Wildman–Crippen LogP) is 3.42. The minimum atomic E-state index is 0. The van der Waals surface area contributed by atoms with Crippen molar-refractivity contribution in [2.45, 2.75) is 26.3 Å². The highest BCUT2D eigenvalue weighted by Crippen LogP contribution is 2.20. The zero-order chi connectivity index (χ0) is 21.2. The maximum Gasteiger partial charge on any atom is 0.191 e. The van der Waals surface area contributed by atoms with Gasteiger partial charge in [-0.2, -0.15) is 0 Å². The van der Waals surface area contributed by atoms with Gasteiger partial charge in [-0.25, -0.2) is 0 Å². The van der Waals surface area contributed by atoms with Gasteiger partial charge in [-0.1, -0.05) is 37.3 Å². The number of halogens is 1. The number of ether oxygens (including phenoxy) is 1. The van der Waals surface area contributed by atoms with Crippen LogP contribution >= 0.6 is 24.0 Å². The number of nitrogens with zero attached hydrogens (tertiary/aromatic N) is 3. The average molecular weight is 540 g/mol. The Kier molecular flexibility index (Phi) is 11.4. The summed E-state index contributed by atoms with van der Waals surface area (Å²) >= 11 is 0. The Morgan fingerprint density at radius 2 is 1.81 bits per heavy atom. The van der Waals surface area contributed by atoms with Crippen molar-refractivity contribution in [2.24, 2.45) is 4.99 Å². The monoisotopic (exact) mass is 539 g/mol. The number of piperazine rings is 1. The fourth-order valence-corrected chi connectivity index (χ4v) is 3.84. The van der Waals surface area contributed by atoms with Crippen LogP contribution in [0.3, 0.4) is 0 Å². The third-order valence-corrected chi connectivity index (χ3v) is 5.87. The number of rotatable bonds is 9. The van der Waals surface area contributed by atoms with Crippen molar-refractivity contribution in [3.8, 4) is 5.75 Å². The number of aliphatic imine (C=N–C) groups is 1. The fraction of sp³-hybridized carbons (Fsp3) is 0.542. The van der Waals surface area contributed by atoms with E-state index in [1.807, 2.05) is 13.1 Å². The van der Waals surface area contributed by atoms with Gasteiger partial charge in [-0.3, -0.25) is 9.89 Å². The molecular formula is C24H38IN5O. The molecule has 1 fully saturated rings. The number of hydrogen-bond acceptors (Lipinski definition) is 4. The van der Waals surface area contributed by atoms with Crippen molar-refractivity contribution in [3.05, 3.63) is 42.5 Å². The van der Waals surface area contributed by atoms with Gasteiger partial charge in [0.2, 0.25) is 0 Å². The molecule has 2 N–H and O–H groups in total. The molecular weight excluding hydrogens is 501 g/mol. The molecule has 3 rings (SSSR count). The second-order valence-corrected chi connectivity index (χ2v) is 7.91. The van der Waals surface area contributed by atoms with Crippen molar-refractivity contribution in [1.29, 1.82) is 0 Å². The molecule has 0 radical (unpaired) electrons. The van der Waals surface area contributed by atoms with E-state index in [0.29, 0.717) is 12.6 Å². The minimum absolute atomic E-state index is 0. The summed E-state index contributed by atoms with van der Waals surface area (Å²) in [4.78, 5) is 9.42. The quantitative estimate of drug-likeness (QED) is 0.222. The van der Waals surface area contributed by atoms with Gasteiger partial charge in [0.1, 0.15) is 5.75 Å². The number of guanidine groups is 1. The maximum atomic E-state index is 5.91. The summed E-state index contributed by atoms with van der Waals surface area (Å²) in [7, 11) is 1.82. The Morgan fingerprint density at radius 3 is 2.52 bits per heavy atom. The lowest BCUT2D eigenvalue weighted by molar-refractivity contribution is 0.107. The molecule has 0 bridgehead atoms. The summed E-state index contributed by atoms with van der Waals surface area (Å²) < 4.78 is 5.91. The molecule has 7 heteroatoms. The van der Waals surface area contributed by atoms with Crippen molar-refractivity contribution < 1.29 is 4.74 Å². The smallest absolute Gasteiger partial charge is 0.191 e. The first-order valence-electron chi connectivity index (χ1n) is 11.2. The number of hydrogen-bond donors (Lipinski definition) is 2. The van der Waals surface area contributed by atoms with Gasteiger partial charge in [-0.15, -0.1) is 24.0 Å². The van der Waals surface area contributed by atoms with Crippen LogP contribution in [-0.4, -0.2) is 81.3 Å². The van der Waals surface area contributed by atoms with Crippen LogP contribution < -0.4 is 15.4 Å². The Balaban J connectivity index is 0.00000341. The molecule has 1 aliphatic heterocycles. The normalized spacial score (nSPS) is 16.5. The van der Waals surface area contributed by atoms with Gasteiger partial charge in [0.15, 0.2) is 5.96 Å². The second kappa shape index (κ2) is 13.8. The van der Waals surface area contributed by atoms with Gasteiger partial charge >= 0.3 is 0 Å². The summed E-state index contributed by atoms with van der Waals surface area (Å²) in [6, 6.07) is 15.1. The van der Waals surface area contributed by atoms with Crippen LogP contribution in [0.4, 0.5) is 0 Å². The van der Waals surface area contributed by atoms with E-state index in [4.69, 9.17) is 4.74 Å². The molecule has 0 amide bonds. The van der Waals surface area contributed by atoms with E-state index in [1.54, 1.807) is 0 Å². The molecule has 0 aromatic heterocycles. The van der Waals surface area contributed by atoms with E-state index in [1.165, 1.54) is 23.9 Å². The van der Waals surface area contributed by atoms with Gasteiger partial charge in [0.25, 0.3) is 0 Å². The molecule has 0 saturated carbocycles. The van der Waals surface area contributed by atoms with Crippen molar-refractivity contribution in [2.75, 3.05) is 59.5 Å². The van der Waals surface area contributed by atoms with Crippen LogP contribution in [0.25, 0.3) is 10.8 Å². The summed E-state index contributed by atoms with van der Waals surface area (Å²) in [6.45, 7) is 12.7. The summed E-state index contributed by atoms with van der Waals surface area (Å²) in [5.41, 5.74) is 0. The first-order chi connectivity index (χ1) is 14.7. The largest absolute Gasteiger partial charge is 0.494 e. The van der Waals surface area contributed by atoms with E-state index in [2.05, 4.69) is 75.7 Å². The zero-order valence-electron chi connectivity index (χ0n) is 19.1. The molecule has 0 spiro atoms. The molecule has 1 heterocycles. The first-order valence-corrected chi connectivity index (χ1v) is 11.2. The molecule has 2 aromatic carbocycles. The molecule has 2 aromatic rings. The standard InChI is InChI=1S/C24H37N5O.HI/c1-4-28-13-15-29(16-14-28)20(2)19-27-24(25-3)26-12-7-17-30-23-11-10-21-8-5-6-9-22(21)18-23;/h5-6,8-11,18,20H,4,7,12-17,19H2,1-3H3,(H2,25,26,27);1H. The summed E-state index contributed by atoms with van der Waals surface area (Å²) in [5, 5.41) is 9.30. The molecule has 31 heavy (non-hydrogen) atoms. The lowest BCUT2D eigenvalue weighted by Gasteiger charge is -2.37. The minimum Gasteiger partial charge on any atom is -0.494 e. The van der Waals surface area contributed by atoms with Gasteiger partial charge in [0.05, 0.1) is 6.61 Å². The van der Waals surface area contributed by atoms with Crippen LogP contribution in [0.15, 0.2) is 47.5 Å². The highest BCUT2D eigenvalue weighted by Gasteiger charge is 2.20. The fourth-order valence-electron chi connectivity index (χ4n) is 3.84. The van der Waals surface area contributed by atoms with E-state index in [-0.39, 0.29) is 24.0 Å². The third kappa shape index (κ3) is 8.12. The van der Waals surface area contributed by atoms with E-state index < -0.39 is 0 Å². The molecule has 6 nitrogen and oxygen atoms in total. The molecule has 1 unspecified atom stereocenters. The van der Waals surface area contributed by atoms with Crippen molar-refractivity contribution in [1.82, 2.24) is 20.4 Å². The maximum absolute atomic E-state index is 5.91. The summed E-state index contributed by atoms with van der Waals surface area (Å²) in [6.07, 6.45) is 0.919. The number of benzene rings is 2. The third-order valence-electron chi connectivity index (χ3n) is 5.87. The van der Waals surface area contributed by atoms with Crippen LogP contribution in [0.2, 0.25) is 0 Å². The Hall–Kier alpha value is -1.58. The van der Waals surface area contributed by atoms with Crippen LogP contribution in [0, 0.1) is 0 Å². The lowest BCUT2D eigenvalue weighted by atomic mass is 10.1. The Labute approximate surface area is 204 Å². The molecule has 0 aliphatic carbocycles. The molecule has 1 aliphatic rings. The van der Waals surface area contributed by atoms with E-state index in [0.717, 1.165) is 50.9 Å². The number of likely N-dealkylation sites (N-methyl/N-ethyl adjacent to an activating group) is 1. The van der Waals surface area contributed by atoms with Crippen molar-refractivity contribution in [3.63, 3.8) is 0 Å². The van der Waals surface area contributed by atoms with E-state index in [9.17, 15) is 0 Å². The molecule has 172 valence electrons.